The molecular formula is C24H52Cl2N2O2. The van der Waals surface area contributed by atoms with Gasteiger partial charge in [0, 0.05) is 0 Å². The van der Waals surface area contributed by atoms with Gasteiger partial charge in [0.15, 0.2) is 0 Å². The number of ether oxygens (including phenoxy) is 1. The Labute approximate surface area is 199 Å². The molecule has 184 valence electrons. The fourth-order valence-electron chi connectivity index (χ4n) is 3.56. The monoisotopic (exact) mass is 470 g/mol. The minimum absolute atomic E-state index is 0. The summed E-state index contributed by atoms with van der Waals surface area (Å²) in [6.45, 7) is 3.45. The van der Waals surface area contributed by atoms with E-state index >= 15 is 0 Å². The van der Waals surface area contributed by atoms with Crippen LogP contribution in [0.5, 0.6) is 0 Å². The molecule has 0 bridgehead atoms. The van der Waals surface area contributed by atoms with Gasteiger partial charge >= 0.3 is 5.97 Å². The molecule has 0 aliphatic carbocycles. The highest BCUT2D eigenvalue weighted by Gasteiger charge is 2.13. The topological polar surface area (TPSA) is 78.3 Å². The maximum Gasteiger partial charge on any atom is 0.322 e. The maximum atomic E-state index is 11.7. The van der Waals surface area contributed by atoms with Crippen molar-refractivity contribution in [2.24, 2.45) is 11.5 Å². The van der Waals surface area contributed by atoms with Gasteiger partial charge in [0.05, 0.1) is 6.61 Å². The van der Waals surface area contributed by atoms with Crippen LogP contribution in [0.3, 0.4) is 0 Å². The first-order valence-electron chi connectivity index (χ1n) is 12.3. The van der Waals surface area contributed by atoms with Crippen LogP contribution < -0.4 is 11.5 Å². The van der Waals surface area contributed by atoms with Crippen LogP contribution in [0, 0.1) is 0 Å². The molecule has 30 heavy (non-hydrogen) atoms. The first-order valence-corrected chi connectivity index (χ1v) is 12.3. The van der Waals surface area contributed by atoms with E-state index in [1.807, 2.05) is 0 Å². The molecule has 0 unspecified atom stereocenters. The van der Waals surface area contributed by atoms with E-state index in [1.54, 1.807) is 0 Å². The molecule has 0 heterocycles. The second kappa shape index (κ2) is 29.0. The summed E-state index contributed by atoms with van der Waals surface area (Å²) in [5, 5.41) is 0. The van der Waals surface area contributed by atoms with Gasteiger partial charge in [-0.2, -0.15) is 0 Å². The Hall–Kier alpha value is -0.0300. The quantitative estimate of drug-likeness (QED) is 0.130. The first-order chi connectivity index (χ1) is 13.7. The van der Waals surface area contributed by atoms with Crippen molar-refractivity contribution in [3.8, 4) is 0 Å². The third-order valence-electron chi connectivity index (χ3n) is 5.51. The largest absolute Gasteiger partial charge is 0.465 e. The minimum Gasteiger partial charge on any atom is -0.465 e. The zero-order valence-electron chi connectivity index (χ0n) is 19.7. The van der Waals surface area contributed by atoms with Crippen LogP contribution >= 0.6 is 24.8 Å². The van der Waals surface area contributed by atoms with Crippen LogP contribution in [-0.4, -0.2) is 25.2 Å². The summed E-state index contributed by atoms with van der Waals surface area (Å²) in [4.78, 5) is 11.7. The lowest BCUT2D eigenvalue weighted by atomic mass is 10.0. The summed E-state index contributed by atoms with van der Waals surface area (Å²) in [5.74, 6) is -0.252. The third-order valence-corrected chi connectivity index (χ3v) is 5.51. The van der Waals surface area contributed by atoms with Gasteiger partial charge in [-0.05, 0) is 25.8 Å². The lowest BCUT2D eigenvalue weighted by Crippen LogP contribution is -2.32. The summed E-state index contributed by atoms with van der Waals surface area (Å²) in [7, 11) is 0. The lowest BCUT2D eigenvalue weighted by molar-refractivity contribution is -0.145. The highest BCUT2D eigenvalue weighted by Crippen LogP contribution is 2.13. The number of halogens is 2. The van der Waals surface area contributed by atoms with Crippen LogP contribution in [0.15, 0.2) is 0 Å². The summed E-state index contributed by atoms with van der Waals surface area (Å²) in [5.41, 5.74) is 11.3. The van der Waals surface area contributed by atoms with Crippen molar-refractivity contribution < 1.29 is 9.53 Å². The molecule has 0 aromatic rings. The normalized spacial score (nSPS) is 11.4. The van der Waals surface area contributed by atoms with Gasteiger partial charge in [-0.25, -0.2) is 0 Å². The second-order valence-corrected chi connectivity index (χ2v) is 8.36. The molecule has 6 heteroatoms. The summed E-state index contributed by atoms with van der Waals surface area (Å²) >= 11 is 0. The van der Waals surface area contributed by atoms with E-state index in [9.17, 15) is 4.79 Å². The Bertz CT molecular complexity index is 334. The van der Waals surface area contributed by atoms with Crippen LogP contribution in [0.1, 0.15) is 129 Å². The standard InChI is InChI=1S/C24H50N2O2.2ClH/c1-2-3-4-5-6-7-8-9-10-11-12-13-14-15-16-19-22-28-24(27)23(26)20-17-18-21-25;;/h23H,2-22,25-26H2,1H3;2*1H/t23-;;/m0../s1. The predicted molar refractivity (Wildman–Crippen MR) is 136 cm³/mol. The average Bonchev–Trinajstić information content (AvgIpc) is 2.70. The molecule has 0 aliphatic heterocycles. The molecule has 0 spiro atoms. The third kappa shape index (κ3) is 26.0. The molecular weight excluding hydrogens is 419 g/mol. The molecule has 0 aromatic heterocycles. The van der Waals surface area contributed by atoms with E-state index in [2.05, 4.69) is 6.92 Å². The van der Waals surface area contributed by atoms with Gasteiger partial charge in [0.1, 0.15) is 6.04 Å². The molecule has 0 aliphatic rings. The van der Waals surface area contributed by atoms with Gasteiger partial charge in [-0.1, -0.05) is 110 Å². The van der Waals surface area contributed by atoms with E-state index in [0.29, 0.717) is 19.6 Å². The zero-order valence-corrected chi connectivity index (χ0v) is 21.3. The molecule has 0 aromatic carbocycles. The van der Waals surface area contributed by atoms with E-state index in [-0.39, 0.29) is 30.8 Å². The van der Waals surface area contributed by atoms with Crippen molar-refractivity contribution >= 4 is 30.8 Å². The predicted octanol–water partition coefficient (Wildman–Crippen LogP) is 7.09. The molecule has 1 atom stereocenters. The Kier molecular flexibility index (Phi) is 33.4. The Balaban J connectivity index is -0.00000364. The lowest BCUT2D eigenvalue weighted by Gasteiger charge is -2.11. The molecule has 0 rings (SSSR count). The minimum atomic E-state index is -0.479. The Morgan fingerprint density at radius 1 is 0.667 bits per heavy atom. The molecule has 0 fully saturated rings. The number of esters is 1. The molecule has 0 saturated heterocycles. The van der Waals surface area contributed by atoms with Gasteiger partial charge in [-0.3, -0.25) is 4.79 Å². The number of carbonyl (C=O) groups is 1. The maximum absolute atomic E-state index is 11.7. The fraction of sp³-hybridized carbons (Fsp3) is 0.958. The van der Waals surface area contributed by atoms with Gasteiger partial charge in [-0.15, -0.1) is 24.8 Å². The Morgan fingerprint density at radius 3 is 1.47 bits per heavy atom. The summed E-state index contributed by atoms with van der Waals surface area (Å²) in [6, 6.07) is -0.479. The van der Waals surface area contributed by atoms with Crippen LogP contribution in [0.2, 0.25) is 0 Å². The average molecular weight is 472 g/mol. The van der Waals surface area contributed by atoms with E-state index in [0.717, 1.165) is 25.7 Å². The summed E-state index contributed by atoms with van der Waals surface area (Å²) < 4.78 is 5.26. The number of hydrogen-bond donors (Lipinski definition) is 2. The van der Waals surface area contributed by atoms with Gasteiger partial charge in [0.25, 0.3) is 0 Å². The highest BCUT2D eigenvalue weighted by atomic mass is 35.5. The van der Waals surface area contributed by atoms with Gasteiger partial charge in [0.2, 0.25) is 0 Å². The molecule has 0 saturated carbocycles. The van der Waals surface area contributed by atoms with Gasteiger partial charge < -0.3 is 16.2 Å². The van der Waals surface area contributed by atoms with Crippen molar-refractivity contribution in [1.29, 1.82) is 0 Å². The number of hydrogen-bond acceptors (Lipinski definition) is 4. The smallest absolute Gasteiger partial charge is 0.322 e. The second-order valence-electron chi connectivity index (χ2n) is 8.36. The first kappa shape index (κ1) is 34.6. The molecule has 4 N–H and O–H groups in total. The van der Waals surface area contributed by atoms with Crippen molar-refractivity contribution in [1.82, 2.24) is 0 Å². The van der Waals surface area contributed by atoms with E-state index in [1.165, 1.54) is 89.9 Å². The highest BCUT2D eigenvalue weighted by molar-refractivity contribution is 5.85. The van der Waals surface area contributed by atoms with Crippen LogP contribution in [0.4, 0.5) is 0 Å². The number of unbranched alkanes of at least 4 members (excludes halogenated alkanes) is 16. The van der Waals surface area contributed by atoms with Crippen molar-refractivity contribution in [2.75, 3.05) is 13.2 Å². The van der Waals surface area contributed by atoms with E-state index < -0.39 is 6.04 Å². The Morgan fingerprint density at radius 2 is 1.07 bits per heavy atom. The number of carbonyl (C=O) groups excluding carboxylic acids is 1. The number of nitrogens with two attached hydrogens (primary N) is 2. The van der Waals surface area contributed by atoms with Crippen LogP contribution in [0.25, 0.3) is 0 Å². The number of rotatable bonds is 22. The van der Waals surface area contributed by atoms with Crippen LogP contribution in [-0.2, 0) is 9.53 Å². The van der Waals surface area contributed by atoms with Crippen molar-refractivity contribution in [3.05, 3.63) is 0 Å². The fourth-order valence-corrected chi connectivity index (χ4v) is 3.56. The zero-order chi connectivity index (χ0) is 20.7. The van der Waals surface area contributed by atoms with Crippen molar-refractivity contribution in [3.63, 3.8) is 0 Å². The molecule has 0 radical (unpaired) electrons. The van der Waals surface area contributed by atoms with E-state index in [4.69, 9.17) is 16.2 Å². The molecule has 0 amide bonds. The van der Waals surface area contributed by atoms with Crippen molar-refractivity contribution in [2.45, 2.75) is 135 Å². The summed E-state index contributed by atoms with van der Waals surface area (Å²) in [6.07, 6.45) is 24.1. The molecule has 4 nitrogen and oxygen atoms in total. The SMILES string of the molecule is CCCCCCCCCCCCCCCCCCOC(=O)[C@@H](N)CCCCN.Cl.Cl.